The van der Waals surface area contributed by atoms with Crippen molar-refractivity contribution in [1.29, 1.82) is 0 Å². The molecule has 9 heteroatoms. The Morgan fingerprint density at radius 2 is 2.31 bits per heavy atom. The van der Waals surface area contributed by atoms with E-state index in [4.69, 9.17) is 0 Å². The highest BCUT2D eigenvalue weighted by Gasteiger charge is 2.51. The van der Waals surface area contributed by atoms with Crippen molar-refractivity contribution in [2.45, 2.75) is 18.9 Å². The summed E-state index contributed by atoms with van der Waals surface area (Å²) in [5, 5.41) is 14.8. The van der Waals surface area contributed by atoms with Gasteiger partial charge in [0.05, 0.1) is 25.7 Å². The fourth-order valence-electron chi connectivity index (χ4n) is 3.47. The van der Waals surface area contributed by atoms with Crippen molar-refractivity contribution < 1.29 is 14.5 Å². The van der Waals surface area contributed by atoms with Crippen molar-refractivity contribution in [3.8, 4) is 11.1 Å². The molecule has 0 spiro atoms. The van der Waals surface area contributed by atoms with Gasteiger partial charge >= 0.3 is 5.97 Å². The third kappa shape index (κ3) is 2.77. The number of carboxylic acids is 1. The van der Waals surface area contributed by atoms with Gasteiger partial charge in [0, 0.05) is 46.5 Å². The van der Waals surface area contributed by atoms with E-state index in [2.05, 4.69) is 15.1 Å². The summed E-state index contributed by atoms with van der Waals surface area (Å²) in [6, 6.07) is 3.86. The number of hydrogen-bond acceptors (Lipinski definition) is 5. The van der Waals surface area contributed by atoms with Crippen LogP contribution in [0.4, 0.5) is 0 Å². The second-order valence-corrected chi connectivity index (χ2v) is 8.22. The number of carboxylic acid groups (broad SMARTS) is 1. The quantitative estimate of drug-likeness (QED) is 0.635. The SMILES string of the molecule is CC[S+]([O-])N1CC(CC(=O)O)(n2cc(-c3c[nH]c4ncccc34)cn2)C1. The summed E-state index contributed by atoms with van der Waals surface area (Å²) in [6.07, 6.45) is 7.15. The Balaban J connectivity index is 1.66. The van der Waals surface area contributed by atoms with Gasteiger partial charge in [-0.1, -0.05) is 0 Å². The summed E-state index contributed by atoms with van der Waals surface area (Å²) in [5.41, 5.74) is 1.99. The highest BCUT2D eigenvalue weighted by atomic mass is 32.2. The van der Waals surface area contributed by atoms with Gasteiger partial charge in [-0.15, -0.1) is 4.31 Å². The lowest BCUT2D eigenvalue weighted by Gasteiger charge is -2.47. The highest BCUT2D eigenvalue weighted by Crippen LogP contribution is 2.36. The molecule has 136 valence electrons. The van der Waals surface area contributed by atoms with Crippen molar-refractivity contribution in [1.82, 2.24) is 24.1 Å². The first-order chi connectivity index (χ1) is 12.5. The number of hydrogen-bond donors (Lipinski definition) is 2. The zero-order valence-electron chi connectivity index (χ0n) is 14.3. The molecule has 0 saturated carbocycles. The number of aromatic nitrogens is 4. The van der Waals surface area contributed by atoms with Gasteiger partial charge in [0.2, 0.25) is 0 Å². The van der Waals surface area contributed by atoms with Crippen molar-refractivity contribution in [2.75, 3.05) is 18.8 Å². The topological polar surface area (TPSA) is 110 Å². The second-order valence-electron chi connectivity index (χ2n) is 6.48. The van der Waals surface area contributed by atoms with E-state index in [1.165, 1.54) is 0 Å². The molecule has 3 aromatic rings. The maximum absolute atomic E-state index is 12.0. The number of rotatable bonds is 6. The minimum absolute atomic E-state index is 0.0546. The van der Waals surface area contributed by atoms with Gasteiger partial charge in [0.15, 0.2) is 0 Å². The zero-order valence-corrected chi connectivity index (χ0v) is 15.1. The van der Waals surface area contributed by atoms with E-state index < -0.39 is 22.9 Å². The Labute approximate surface area is 153 Å². The molecule has 0 amide bonds. The molecule has 0 bridgehead atoms. The van der Waals surface area contributed by atoms with Crippen molar-refractivity contribution in [2.24, 2.45) is 0 Å². The number of pyridine rings is 1. The van der Waals surface area contributed by atoms with Crippen LogP contribution in [0.2, 0.25) is 0 Å². The first-order valence-corrected chi connectivity index (χ1v) is 9.63. The summed E-state index contributed by atoms with van der Waals surface area (Å²) in [4.78, 5) is 18.8. The van der Waals surface area contributed by atoms with Crippen LogP contribution in [0.25, 0.3) is 22.2 Å². The fraction of sp³-hybridized carbons (Fsp3) is 0.353. The smallest absolute Gasteiger partial charge is 0.305 e. The molecule has 1 aliphatic heterocycles. The molecule has 1 saturated heterocycles. The van der Waals surface area contributed by atoms with Gasteiger partial charge in [-0.05, 0) is 19.1 Å². The number of H-pyrrole nitrogens is 1. The molecule has 1 fully saturated rings. The molecular formula is C17H19N5O3S. The molecule has 8 nitrogen and oxygen atoms in total. The Bertz CT molecular complexity index is 947. The average molecular weight is 373 g/mol. The number of aromatic amines is 1. The molecule has 0 aliphatic carbocycles. The minimum Gasteiger partial charge on any atom is -0.598 e. The number of carbonyl (C=O) groups is 1. The molecule has 3 aromatic heterocycles. The molecule has 4 heterocycles. The zero-order chi connectivity index (χ0) is 18.3. The van der Waals surface area contributed by atoms with Crippen molar-refractivity contribution in [3.05, 3.63) is 36.9 Å². The average Bonchev–Trinajstić information content (AvgIpc) is 3.23. The molecule has 0 radical (unpaired) electrons. The number of fused-ring (bicyclic) bond motifs is 1. The van der Waals surface area contributed by atoms with Gasteiger partial charge in [-0.2, -0.15) is 5.10 Å². The van der Waals surface area contributed by atoms with Crippen LogP contribution in [0.3, 0.4) is 0 Å². The van der Waals surface area contributed by atoms with Gasteiger partial charge < -0.3 is 14.6 Å². The molecule has 26 heavy (non-hydrogen) atoms. The number of nitrogens with zero attached hydrogens (tertiary/aromatic N) is 4. The van der Waals surface area contributed by atoms with Gasteiger partial charge in [0.1, 0.15) is 16.9 Å². The molecule has 0 aromatic carbocycles. The molecule has 4 rings (SSSR count). The van der Waals surface area contributed by atoms with E-state index >= 15 is 0 Å². The van der Waals surface area contributed by atoms with Crippen molar-refractivity contribution in [3.63, 3.8) is 0 Å². The number of aliphatic carboxylic acids is 1. The van der Waals surface area contributed by atoms with Crippen LogP contribution < -0.4 is 0 Å². The second kappa shape index (κ2) is 6.42. The third-order valence-electron chi connectivity index (χ3n) is 4.79. The first kappa shape index (κ1) is 17.1. The largest absolute Gasteiger partial charge is 0.598 e. The summed E-state index contributed by atoms with van der Waals surface area (Å²) < 4.78 is 15.5. The Morgan fingerprint density at radius 1 is 1.50 bits per heavy atom. The van der Waals surface area contributed by atoms with E-state index in [0.717, 1.165) is 22.2 Å². The van der Waals surface area contributed by atoms with Crippen molar-refractivity contribution >= 4 is 28.4 Å². The van der Waals surface area contributed by atoms with Gasteiger partial charge in [-0.25, -0.2) is 4.98 Å². The van der Waals surface area contributed by atoms with Crippen LogP contribution in [0, 0.1) is 0 Å². The minimum atomic E-state index is -1.08. The molecule has 1 unspecified atom stereocenters. The van der Waals surface area contributed by atoms with Crippen LogP contribution in [-0.2, 0) is 21.7 Å². The maximum Gasteiger partial charge on any atom is 0.305 e. The lowest BCUT2D eigenvalue weighted by molar-refractivity contribution is -0.141. The Kier molecular flexibility index (Phi) is 4.22. The summed E-state index contributed by atoms with van der Waals surface area (Å²) in [5.74, 6) is -0.365. The normalized spacial score (nSPS) is 17.9. The Hall–Kier alpha value is -2.36. The molecular weight excluding hydrogens is 354 g/mol. The van der Waals surface area contributed by atoms with E-state index in [1.54, 1.807) is 21.4 Å². The van der Waals surface area contributed by atoms with Crippen LogP contribution in [0.5, 0.6) is 0 Å². The highest BCUT2D eigenvalue weighted by molar-refractivity contribution is 7.89. The van der Waals surface area contributed by atoms with Gasteiger partial charge in [0.25, 0.3) is 0 Å². The van der Waals surface area contributed by atoms with Crippen LogP contribution in [0.15, 0.2) is 36.9 Å². The summed E-state index contributed by atoms with van der Waals surface area (Å²) >= 11 is -1.08. The van der Waals surface area contributed by atoms with Crippen LogP contribution in [0.1, 0.15) is 13.3 Å². The van der Waals surface area contributed by atoms with Crippen LogP contribution >= 0.6 is 0 Å². The first-order valence-electron chi connectivity index (χ1n) is 8.35. The summed E-state index contributed by atoms with van der Waals surface area (Å²) in [7, 11) is 0. The lowest BCUT2D eigenvalue weighted by Crippen LogP contribution is -2.65. The predicted octanol–water partition coefficient (Wildman–Crippen LogP) is 1.60. The standard InChI is InChI=1S/C17H19N5O3S/c1-2-26(25)21-10-17(11-21,6-15(23)24)22-9-12(7-20-22)14-8-19-16-13(14)4-3-5-18-16/h3-5,7-9H,2,6,10-11H2,1H3,(H,18,19)(H,23,24). The van der Waals surface area contributed by atoms with Crippen LogP contribution in [-0.4, -0.2) is 58.5 Å². The van der Waals surface area contributed by atoms with E-state index in [1.807, 2.05) is 31.5 Å². The van der Waals surface area contributed by atoms with E-state index in [0.29, 0.717) is 18.8 Å². The van der Waals surface area contributed by atoms with E-state index in [-0.39, 0.29) is 6.42 Å². The fourth-order valence-corrected chi connectivity index (χ4v) is 4.61. The van der Waals surface area contributed by atoms with E-state index in [9.17, 15) is 14.5 Å². The third-order valence-corrected chi connectivity index (χ3v) is 6.12. The Morgan fingerprint density at radius 3 is 3.04 bits per heavy atom. The monoisotopic (exact) mass is 373 g/mol. The number of nitrogens with one attached hydrogen (secondary N) is 1. The molecule has 2 N–H and O–H groups in total. The lowest BCUT2D eigenvalue weighted by atomic mass is 9.88. The maximum atomic E-state index is 12.0. The molecule has 1 aliphatic rings. The van der Waals surface area contributed by atoms with Gasteiger partial charge in [-0.3, -0.25) is 9.48 Å². The molecule has 1 atom stereocenters. The summed E-state index contributed by atoms with van der Waals surface area (Å²) in [6.45, 7) is 2.68. The predicted molar refractivity (Wildman–Crippen MR) is 97.8 cm³/mol.